The van der Waals surface area contributed by atoms with Gasteiger partial charge in [0.2, 0.25) is 5.91 Å². The van der Waals surface area contributed by atoms with Gasteiger partial charge in [-0.25, -0.2) is 0 Å². The molecule has 1 heterocycles. The van der Waals surface area contributed by atoms with E-state index in [2.05, 4.69) is 11.8 Å². The van der Waals surface area contributed by atoms with Gasteiger partial charge in [0.05, 0.1) is 0 Å². The molecule has 0 aromatic rings. The van der Waals surface area contributed by atoms with E-state index in [4.69, 9.17) is 5.73 Å². The molecule has 1 aliphatic heterocycles. The highest BCUT2D eigenvalue weighted by molar-refractivity contribution is 5.85. The van der Waals surface area contributed by atoms with E-state index in [-0.39, 0.29) is 30.7 Å². The standard InChI is InChI=1S/C12H25N3O.2ClH/c1-3-8-15-9-5-11(6-10-15)14(2)12(16)4-7-13;;/h11H,3-10,13H2,1-2H3;2*1H. The maximum Gasteiger partial charge on any atom is 0.223 e. The first-order valence-corrected chi connectivity index (χ1v) is 6.37. The van der Waals surface area contributed by atoms with Crippen LogP contribution in [0.4, 0.5) is 0 Å². The van der Waals surface area contributed by atoms with Crippen LogP contribution in [0.3, 0.4) is 0 Å². The Morgan fingerprint density at radius 1 is 1.33 bits per heavy atom. The fraction of sp³-hybridized carbons (Fsp3) is 0.917. The molecule has 1 fully saturated rings. The van der Waals surface area contributed by atoms with E-state index in [0.717, 1.165) is 25.9 Å². The molecule has 1 saturated heterocycles. The van der Waals surface area contributed by atoms with Crippen LogP contribution in [-0.4, -0.2) is 55.0 Å². The maximum absolute atomic E-state index is 11.7. The van der Waals surface area contributed by atoms with E-state index in [1.54, 1.807) is 0 Å². The summed E-state index contributed by atoms with van der Waals surface area (Å²) in [5, 5.41) is 0. The van der Waals surface area contributed by atoms with Crippen LogP contribution in [0, 0.1) is 0 Å². The van der Waals surface area contributed by atoms with Gasteiger partial charge in [-0.3, -0.25) is 4.79 Å². The molecule has 0 aliphatic carbocycles. The van der Waals surface area contributed by atoms with Crippen LogP contribution in [-0.2, 0) is 4.79 Å². The van der Waals surface area contributed by atoms with E-state index >= 15 is 0 Å². The van der Waals surface area contributed by atoms with E-state index in [9.17, 15) is 4.79 Å². The molecule has 1 aliphatic rings. The fourth-order valence-corrected chi connectivity index (χ4v) is 2.35. The van der Waals surface area contributed by atoms with Gasteiger partial charge in [-0.15, -0.1) is 24.8 Å². The molecule has 0 atom stereocenters. The highest BCUT2D eigenvalue weighted by Crippen LogP contribution is 2.16. The third-order valence-corrected chi connectivity index (χ3v) is 3.40. The molecule has 0 saturated carbocycles. The lowest BCUT2D eigenvalue weighted by atomic mass is 10.0. The van der Waals surface area contributed by atoms with Crippen molar-refractivity contribution in [2.24, 2.45) is 5.73 Å². The van der Waals surface area contributed by atoms with Crippen molar-refractivity contribution in [3.63, 3.8) is 0 Å². The van der Waals surface area contributed by atoms with Crippen LogP contribution in [0.25, 0.3) is 0 Å². The number of carbonyl (C=O) groups is 1. The third-order valence-electron chi connectivity index (χ3n) is 3.40. The lowest BCUT2D eigenvalue weighted by Gasteiger charge is -2.36. The Balaban J connectivity index is 0. The minimum absolute atomic E-state index is 0. The Kier molecular flexibility index (Phi) is 12.2. The summed E-state index contributed by atoms with van der Waals surface area (Å²) in [5.41, 5.74) is 5.40. The predicted molar refractivity (Wildman–Crippen MR) is 80.7 cm³/mol. The molecular formula is C12H27Cl2N3O. The topological polar surface area (TPSA) is 49.6 Å². The highest BCUT2D eigenvalue weighted by Gasteiger charge is 2.24. The molecule has 0 aromatic heterocycles. The van der Waals surface area contributed by atoms with Crippen molar-refractivity contribution in [2.45, 2.75) is 38.6 Å². The second kappa shape index (κ2) is 10.9. The van der Waals surface area contributed by atoms with Gasteiger partial charge < -0.3 is 15.5 Å². The Morgan fingerprint density at radius 3 is 2.33 bits per heavy atom. The van der Waals surface area contributed by atoms with Crippen molar-refractivity contribution < 1.29 is 4.79 Å². The van der Waals surface area contributed by atoms with Crippen LogP contribution in [0.1, 0.15) is 32.6 Å². The van der Waals surface area contributed by atoms with Crippen LogP contribution >= 0.6 is 24.8 Å². The van der Waals surface area contributed by atoms with Crippen molar-refractivity contribution in [3.8, 4) is 0 Å². The average Bonchev–Trinajstić information content (AvgIpc) is 2.30. The first-order chi connectivity index (χ1) is 7.69. The summed E-state index contributed by atoms with van der Waals surface area (Å²) >= 11 is 0. The zero-order valence-electron chi connectivity index (χ0n) is 11.4. The Labute approximate surface area is 123 Å². The van der Waals surface area contributed by atoms with Crippen LogP contribution in [0.5, 0.6) is 0 Å². The van der Waals surface area contributed by atoms with Crippen molar-refractivity contribution in [3.05, 3.63) is 0 Å². The summed E-state index contributed by atoms with van der Waals surface area (Å²) in [5.74, 6) is 0.191. The maximum atomic E-state index is 11.7. The molecule has 4 nitrogen and oxygen atoms in total. The number of piperidine rings is 1. The van der Waals surface area contributed by atoms with Crippen LogP contribution < -0.4 is 5.73 Å². The SMILES string of the molecule is CCCN1CCC(N(C)C(=O)CCN)CC1.Cl.Cl. The summed E-state index contributed by atoms with van der Waals surface area (Å²) in [6.07, 6.45) is 3.90. The fourth-order valence-electron chi connectivity index (χ4n) is 2.35. The summed E-state index contributed by atoms with van der Waals surface area (Å²) in [4.78, 5) is 16.1. The number of hydrogen-bond donors (Lipinski definition) is 1. The summed E-state index contributed by atoms with van der Waals surface area (Å²) in [6, 6.07) is 0.423. The third kappa shape index (κ3) is 6.23. The van der Waals surface area contributed by atoms with E-state index in [1.165, 1.54) is 13.0 Å². The second-order valence-electron chi connectivity index (χ2n) is 4.62. The Morgan fingerprint density at radius 2 is 1.89 bits per heavy atom. The molecule has 6 heteroatoms. The summed E-state index contributed by atoms with van der Waals surface area (Å²) in [6.45, 7) is 6.10. The molecule has 110 valence electrons. The quantitative estimate of drug-likeness (QED) is 0.837. The van der Waals surface area contributed by atoms with Crippen molar-refractivity contribution in [1.82, 2.24) is 9.80 Å². The van der Waals surface area contributed by atoms with Crippen LogP contribution in [0.2, 0.25) is 0 Å². The molecule has 0 radical (unpaired) electrons. The van der Waals surface area contributed by atoms with Gasteiger partial charge in [0.25, 0.3) is 0 Å². The molecule has 0 aromatic carbocycles. The molecule has 0 spiro atoms. The van der Waals surface area contributed by atoms with Gasteiger partial charge in [0.1, 0.15) is 0 Å². The number of nitrogens with zero attached hydrogens (tertiary/aromatic N) is 2. The van der Waals surface area contributed by atoms with E-state index in [1.807, 2.05) is 11.9 Å². The lowest BCUT2D eigenvalue weighted by Crippen LogP contribution is -2.46. The molecule has 1 amide bonds. The minimum Gasteiger partial charge on any atom is -0.343 e. The first kappa shape index (κ1) is 20.3. The van der Waals surface area contributed by atoms with E-state index in [0.29, 0.717) is 19.0 Å². The Bertz CT molecular complexity index is 221. The number of amides is 1. The van der Waals surface area contributed by atoms with Crippen molar-refractivity contribution in [1.29, 1.82) is 0 Å². The predicted octanol–water partition coefficient (Wildman–Crippen LogP) is 1.51. The molecule has 18 heavy (non-hydrogen) atoms. The Hall–Kier alpha value is -0.0300. The minimum atomic E-state index is 0. The van der Waals surface area contributed by atoms with Gasteiger partial charge in [-0.05, 0) is 25.8 Å². The monoisotopic (exact) mass is 299 g/mol. The van der Waals surface area contributed by atoms with Gasteiger partial charge in [0, 0.05) is 39.1 Å². The molecule has 2 N–H and O–H groups in total. The second-order valence-corrected chi connectivity index (χ2v) is 4.62. The summed E-state index contributed by atoms with van der Waals surface area (Å²) in [7, 11) is 1.91. The van der Waals surface area contributed by atoms with Gasteiger partial charge >= 0.3 is 0 Å². The van der Waals surface area contributed by atoms with Gasteiger partial charge in [-0.2, -0.15) is 0 Å². The number of carbonyl (C=O) groups excluding carboxylic acids is 1. The smallest absolute Gasteiger partial charge is 0.223 e. The molecular weight excluding hydrogens is 273 g/mol. The van der Waals surface area contributed by atoms with Crippen LogP contribution in [0.15, 0.2) is 0 Å². The molecule has 0 unspecified atom stereocenters. The largest absolute Gasteiger partial charge is 0.343 e. The van der Waals surface area contributed by atoms with Crippen molar-refractivity contribution in [2.75, 3.05) is 33.2 Å². The molecule has 1 rings (SSSR count). The number of nitrogens with two attached hydrogens (primary N) is 1. The lowest BCUT2D eigenvalue weighted by molar-refractivity contribution is -0.132. The number of halogens is 2. The van der Waals surface area contributed by atoms with E-state index < -0.39 is 0 Å². The highest BCUT2D eigenvalue weighted by atomic mass is 35.5. The normalized spacial score (nSPS) is 16.6. The average molecular weight is 300 g/mol. The first-order valence-electron chi connectivity index (χ1n) is 6.37. The molecule has 0 bridgehead atoms. The number of likely N-dealkylation sites (tertiary alicyclic amines) is 1. The van der Waals surface area contributed by atoms with Gasteiger partial charge in [0.15, 0.2) is 0 Å². The van der Waals surface area contributed by atoms with Crippen molar-refractivity contribution >= 4 is 30.7 Å². The zero-order valence-corrected chi connectivity index (χ0v) is 13.1. The van der Waals surface area contributed by atoms with Gasteiger partial charge in [-0.1, -0.05) is 6.92 Å². The zero-order chi connectivity index (χ0) is 12.0. The number of hydrogen-bond acceptors (Lipinski definition) is 3. The summed E-state index contributed by atoms with van der Waals surface area (Å²) < 4.78 is 0. The number of rotatable bonds is 5.